The number of carbonyl (C=O) groups is 1. The summed E-state index contributed by atoms with van der Waals surface area (Å²) in [6, 6.07) is 8.01. The lowest BCUT2D eigenvalue weighted by atomic mass is 10.1. The molecule has 1 aromatic carbocycles. The first-order chi connectivity index (χ1) is 7.63. The van der Waals surface area contributed by atoms with Crippen molar-refractivity contribution in [3.63, 3.8) is 0 Å². The number of nitriles is 1. The fourth-order valence-electron chi connectivity index (χ4n) is 1.48. The minimum absolute atomic E-state index is 0.312. The van der Waals surface area contributed by atoms with Gasteiger partial charge in [0.1, 0.15) is 11.6 Å². The standard InChI is InChI=1S/C11H6N2O3/c12-5-7-3-1-2-6-4-8(11(15)16)10(14)13-9(6)7/h1-4H,(H,13,14)(H,15,16). The number of fused-ring (bicyclic) bond motifs is 1. The van der Waals surface area contributed by atoms with E-state index in [4.69, 9.17) is 10.4 Å². The first kappa shape index (κ1) is 9.93. The number of nitrogens with zero attached hydrogens (tertiary/aromatic N) is 1. The zero-order chi connectivity index (χ0) is 11.7. The van der Waals surface area contributed by atoms with Crippen molar-refractivity contribution in [3.05, 3.63) is 45.7 Å². The number of H-pyrrole nitrogens is 1. The summed E-state index contributed by atoms with van der Waals surface area (Å²) >= 11 is 0. The van der Waals surface area contributed by atoms with Crippen LogP contribution in [0.2, 0.25) is 0 Å². The highest BCUT2D eigenvalue weighted by molar-refractivity contribution is 5.93. The molecule has 0 radical (unpaired) electrons. The molecule has 2 N–H and O–H groups in total. The predicted molar refractivity (Wildman–Crippen MR) is 56.2 cm³/mol. The van der Waals surface area contributed by atoms with Gasteiger partial charge in [-0.15, -0.1) is 0 Å². The summed E-state index contributed by atoms with van der Waals surface area (Å²) < 4.78 is 0. The van der Waals surface area contributed by atoms with Crippen LogP contribution in [-0.2, 0) is 0 Å². The van der Waals surface area contributed by atoms with Crippen LogP contribution in [0.3, 0.4) is 0 Å². The molecule has 16 heavy (non-hydrogen) atoms. The lowest BCUT2D eigenvalue weighted by Gasteiger charge is -2.00. The van der Waals surface area contributed by atoms with E-state index in [-0.39, 0.29) is 5.56 Å². The van der Waals surface area contributed by atoms with Gasteiger partial charge in [0.05, 0.1) is 11.1 Å². The van der Waals surface area contributed by atoms with E-state index in [1.54, 1.807) is 18.2 Å². The lowest BCUT2D eigenvalue weighted by molar-refractivity contribution is 0.0695. The molecule has 5 heteroatoms. The number of nitrogens with one attached hydrogen (secondary N) is 1. The number of rotatable bonds is 1. The molecular formula is C11H6N2O3. The third kappa shape index (κ3) is 1.42. The smallest absolute Gasteiger partial charge is 0.341 e. The second-order valence-corrected chi connectivity index (χ2v) is 3.20. The van der Waals surface area contributed by atoms with Gasteiger partial charge in [-0.1, -0.05) is 12.1 Å². The highest BCUT2D eigenvalue weighted by Crippen LogP contribution is 2.14. The van der Waals surface area contributed by atoms with Crippen molar-refractivity contribution in [2.45, 2.75) is 0 Å². The van der Waals surface area contributed by atoms with Gasteiger partial charge in [-0.05, 0) is 12.1 Å². The SMILES string of the molecule is N#Cc1cccc2cc(C(=O)O)c(=O)[nH]c12. The summed E-state index contributed by atoms with van der Waals surface area (Å²) in [6.45, 7) is 0. The van der Waals surface area contributed by atoms with E-state index < -0.39 is 11.5 Å². The van der Waals surface area contributed by atoms with Crippen molar-refractivity contribution >= 4 is 16.9 Å². The van der Waals surface area contributed by atoms with E-state index in [9.17, 15) is 9.59 Å². The van der Waals surface area contributed by atoms with Crippen LogP contribution in [0.15, 0.2) is 29.1 Å². The highest BCUT2D eigenvalue weighted by atomic mass is 16.4. The van der Waals surface area contributed by atoms with Crippen LogP contribution in [-0.4, -0.2) is 16.1 Å². The van der Waals surface area contributed by atoms with Crippen molar-refractivity contribution in [3.8, 4) is 6.07 Å². The Morgan fingerprint density at radius 2 is 2.19 bits per heavy atom. The number of pyridine rings is 1. The molecule has 78 valence electrons. The Balaban J connectivity index is 2.90. The number of hydrogen-bond donors (Lipinski definition) is 2. The van der Waals surface area contributed by atoms with Gasteiger partial charge in [0.25, 0.3) is 5.56 Å². The average molecular weight is 214 g/mol. The van der Waals surface area contributed by atoms with Crippen LogP contribution >= 0.6 is 0 Å². The van der Waals surface area contributed by atoms with Crippen LogP contribution in [0.25, 0.3) is 10.9 Å². The van der Waals surface area contributed by atoms with Gasteiger partial charge in [0.15, 0.2) is 0 Å². The quantitative estimate of drug-likeness (QED) is 0.743. The summed E-state index contributed by atoms with van der Waals surface area (Å²) in [7, 11) is 0. The Labute approximate surface area is 89.6 Å². The molecule has 0 bridgehead atoms. The third-order valence-electron chi connectivity index (χ3n) is 2.23. The lowest BCUT2D eigenvalue weighted by Crippen LogP contribution is -2.17. The van der Waals surface area contributed by atoms with Gasteiger partial charge in [-0.25, -0.2) is 4.79 Å². The van der Waals surface area contributed by atoms with Crippen LogP contribution in [0.5, 0.6) is 0 Å². The number of carboxylic acid groups (broad SMARTS) is 1. The van der Waals surface area contributed by atoms with E-state index in [0.29, 0.717) is 16.5 Å². The summed E-state index contributed by atoms with van der Waals surface area (Å²) in [5.41, 5.74) is -0.364. The Bertz CT molecular complexity index is 680. The van der Waals surface area contributed by atoms with E-state index in [0.717, 1.165) is 0 Å². The number of carboxylic acids is 1. The minimum atomic E-state index is -1.29. The highest BCUT2D eigenvalue weighted by Gasteiger charge is 2.11. The number of aromatic amines is 1. The molecule has 0 aliphatic heterocycles. The molecule has 0 fully saturated rings. The molecule has 0 aliphatic rings. The molecule has 0 saturated carbocycles. The van der Waals surface area contributed by atoms with Gasteiger partial charge in [-0.3, -0.25) is 4.79 Å². The van der Waals surface area contributed by atoms with Crippen LogP contribution in [0, 0.1) is 11.3 Å². The minimum Gasteiger partial charge on any atom is -0.477 e. The van der Waals surface area contributed by atoms with Gasteiger partial charge in [0, 0.05) is 5.39 Å². The molecule has 2 aromatic rings. The molecule has 0 amide bonds. The van der Waals surface area contributed by atoms with Crippen molar-refractivity contribution in [1.82, 2.24) is 4.98 Å². The Morgan fingerprint density at radius 1 is 1.44 bits per heavy atom. The third-order valence-corrected chi connectivity index (χ3v) is 2.23. The topological polar surface area (TPSA) is 93.9 Å². The molecule has 0 unspecified atom stereocenters. The van der Waals surface area contributed by atoms with Gasteiger partial charge in [0.2, 0.25) is 0 Å². The number of aromatic nitrogens is 1. The number of aromatic carboxylic acids is 1. The zero-order valence-electron chi connectivity index (χ0n) is 8.02. The number of para-hydroxylation sites is 1. The Morgan fingerprint density at radius 3 is 2.81 bits per heavy atom. The van der Waals surface area contributed by atoms with Gasteiger partial charge < -0.3 is 10.1 Å². The largest absolute Gasteiger partial charge is 0.477 e. The van der Waals surface area contributed by atoms with E-state index in [1.165, 1.54) is 6.07 Å². The van der Waals surface area contributed by atoms with Gasteiger partial charge in [-0.2, -0.15) is 5.26 Å². The molecule has 1 heterocycles. The van der Waals surface area contributed by atoms with Crippen LogP contribution < -0.4 is 5.56 Å². The first-order valence-corrected chi connectivity index (χ1v) is 4.43. The fourth-order valence-corrected chi connectivity index (χ4v) is 1.48. The maximum absolute atomic E-state index is 11.4. The van der Waals surface area contributed by atoms with Crippen molar-refractivity contribution < 1.29 is 9.90 Å². The van der Waals surface area contributed by atoms with Crippen molar-refractivity contribution in [2.24, 2.45) is 0 Å². The molecular weight excluding hydrogens is 208 g/mol. The Kier molecular flexibility index (Phi) is 2.18. The van der Waals surface area contributed by atoms with E-state index in [2.05, 4.69) is 4.98 Å². The zero-order valence-corrected chi connectivity index (χ0v) is 8.02. The number of hydrogen-bond acceptors (Lipinski definition) is 3. The molecule has 0 spiro atoms. The molecule has 0 atom stereocenters. The second-order valence-electron chi connectivity index (χ2n) is 3.20. The van der Waals surface area contributed by atoms with Crippen molar-refractivity contribution in [2.75, 3.05) is 0 Å². The maximum atomic E-state index is 11.4. The summed E-state index contributed by atoms with van der Waals surface area (Å²) in [5, 5.41) is 18.1. The molecule has 2 rings (SSSR count). The Hall–Kier alpha value is -2.61. The van der Waals surface area contributed by atoms with Gasteiger partial charge >= 0.3 is 5.97 Å². The number of benzene rings is 1. The normalized spacial score (nSPS) is 9.94. The fraction of sp³-hybridized carbons (Fsp3) is 0. The van der Waals surface area contributed by atoms with Crippen molar-refractivity contribution in [1.29, 1.82) is 5.26 Å². The summed E-state index contributed by atoms with van der Waals surface area (Å²) in [5.74, 6) is -1.29. The monoisotopic (exact) mass is 214 g/mol. The predicted octanol–water partition coefficient (Wildman–Crippen LogP) is 1.10. The molecule has 0 saturated heterocycles. The average Bonchev–Trinajstić information content (AvgIpc) is 2.27. The molecule has 0 aliphatic carbocycles. The summed E-state index contributed by atoms with van der Waals surface area (Å²) in [6.07, 6.45) is 0. The van der Waals surface area contributed by atoms with E-state index >= 15 is 0 Å². The summed E-state index contributed by atoms with van der Waals surface area (Å²) in [4.78, 5) is 24.5. The first-order valence-electron chi connectivity index (χ1n) is 4.43. The second kappa shape index (κ2) is 3.51. The molecule has 1 aromatic heterocycles. The van der Waals surface area contributed by atoms with E-state index in [1.807, 2.05) is 6.07 Å². The van der Waals surface area contributed by atoms with Crippen LogP contribution in [0.4, 0.5) is 0 Å². The maximum Gasteiger partial charge on any atom is 0.341 e. The van der Waals surface area contributed by atoms with Crippen LogP contribution in [0.1, 0.15) is 15.9 Å². The molecule has 5 nitrogen and oxygen atoms in total.